The Bertz CT molecular complexity index is 322. The van der Waals surface area contributed by atoms with Crippen molar-refractivity contribution in [3.63, 3.8) is 0 Å². The first-order chi connectivity index (χ1) is 6.29. The van der Waals surface area contributed by atoms with Crippen LogP contribution in [0.2, 0.25) is 0 Å². The van der Waals surface area contributed by atoms with E-state index in [1.165, 1.54) is 18.7 Å². The standard InChI is InChI=1S/C4H5NO2.C3H3NO2/c6-4-2-1-3-7-5-4;5-3-4-1-2-6-3/h1,3H,2H2,(H,5,6);1-2H,(H,4,5). The van der Waals surface area contributed by atoms with Crippen molar-refractivity contribution < 1.29 is 14.0 Å². The van der Waals surface area contributed by atoms with Crippen LogP contribution in [0.25, 0.3) is 0 Å². The van der Waals surface area contributed by atoms with Crippen LogP contribution in [0.4, 0.5) is 0 Å². The molecule has 1 aliphatic rings. The predicted octanol–water partition coefficient (Wildman–Crippen LogP) is -0.0805. The van der Waals surface area contributed by atoms with Gasteiger partial charge in [0.25, 0.3) is 5.91 Å². The normalized spacial score (nSPS) is 13.7. The zero-order valence-electron chi connectivity index (χ0n) is 6.65. The summed E-state index contributed by atoms with van der Waals surface area (Å²) in [6.45, 7) is 0. The highest BCUT2D eigenvalue weighted by molar-refractivity contribution is 5.76. The monoisotopic (exact) mass is 184 g/mol. The molecule has 0 spiro atoms. The number of amides is 1. The molecule has 6 heteroatoms. The van der Waals surface area contributed by atoms with Gasteiger partial charge in [0, 0.05) is 6.20 Å². The van der Waals surface area contributed by atoms with Gasteiger partial charge in [-0.25, -0.2) is 4.79 Å². The fourth-order valence-corrected chi connectivity index (χ4v) is 0.577. The summed E-state index contributed by atoms with van der Waals surface area (Å²) in [7, 11) is 0. The molecule has 0 aromatic carbocycles. The number of hydrogen-bond donors (Lipinski definition) is 2. The Morgan fingerprint density at radius 3 is 2.46 bits per heavy atom. The summed E-state index contributed by atoms with van der Waals surface area (Å²) in [5.74, 6) is -0.502. The zero-order chi connectivity index (χ0) is 9.52. The lowest BCUT2D eigenvalue weighted by Gasteiger charge is -2.03. The van der Waals surface area contributed by atoms with Gasteiger partial charge < -0.3 is 9.25 Å². The quantitative estimate of drug-likeness (QED) is 0.590. The summed E-state index contributed by atoms with van der Waals surface area (Å²) in [5, 5.41) is 0. The largest absolute Gasteiger partial charge is 0.417 e. The molecular weight excluding hydrogens is 176 g/mol. The van der Waals surface area contributed by atoms with Gasteiger partial charge in [-0.1, -0.05) is 0 Å². The third kappa shape index (κ3) is 3.80. The number of rotatable bonds is 0. The van der Waals surface area contributed by atoms with Crippen molar-refractivity contribution in [3.8, 4) is 0 Å². The number of aromatic amines is 1. The number of hydrogen-bond acceptors (Lipinski definition) is 4. The second-order valence-corrected chi connectivity index (χ2v) is 2.07. The van der Waals surface area contributed by atoms with E-state index < -0.39 is 5.76 Å². The number of oxazole rings is 1. The molecule has 2 rings (SSSR count). The minimum absolute atomic E-state index is 0.0949. The van der Waals surface area contributed by atoms with Gasteiger partial charge >= 0.3 is 5.76 Å². The van der Waals surface area contributed by atoms with Crippen molar-refractivity contribution in [2.75, 3.05) is 0 Å². The Kier molecular flexibility index (Phi) is 3.37. The molecule has 0 saturated heterocycles. The SMILES string of the molecule is O=C1CC=CON1.O=c1[nH]cco1. The summed E-state index contributed by atoms with van der Waals surface area (Å²) in [5.41, 5.74) is 2.16. The molecule has 1 aromatic heterocycles. The van der Waals surface area contributed by atoms with Crippen molar-refractivity contribution in [1.29, 1.82) is 0 Å². The predicted molar refractivity (Wildman–Crippen MR) is 42.3 cm³/mol. The lowest BCUT2D eigenvalue weighted by atomic mass is 10.4. The minimum Gasteiger partial charge on any atom is -0.417 e. The molecule has 0 bridgehead atoms. The van der Waals surface area contributed by atoms with E-state index >= 15 is 0 Å². The van der Waals surface area contributed by atoms with Gasteiger partial charge in [-0.2, -0.15) is 5.48 Å². The molecule has 6 nitrogen and oxygen atoms in total. The molecule has 1 amide bonds. The number of carbonyl (C=O) groups is 1. The van der Waals surface area contributed by atoms with Gasteiger partial charge in [-0.15, -0.1) is 0 Å². The van der Waals surface area contributed by atoms with Gasteiger partial charge in [0.2, 0.25) is 0 Å². The third-order valence-electron chi connectivity index (χ3n) is 1.08. The van der Waals surface area contributed by atoms with Gasteiger partial charge in [0.1, 0.15) is 12.5 Å². The number of hydroxylamine groups is 1. The molecular formula is C7H8N2O4. The van der Waals surface area contributed by atoms with Crippen molar-refractivity contribution in [3.05, 3.63) is 35.3 Å². The molecule has 0 fully saturated rings. The van der Waals surface area contributed by atoms with Gasteiger partial charge in [0.05, 0.1) is 6.42 Å². The molecule has 0 radical (unpaired) electrons. The molecule has 2 heterocycles. The maximum Gasteiger partial charge on any atom is 0.416 e. The second kappa shape index (κ2) is 4.81. The number of carbonyl (C=O) groups excluding carboxylic acids is 1. The Balaban J connectivity index is 0.000000132. The molecule has 0 atom stereocenters. The number of nitrogens with one attached hydrogen (secondary N) is 2. The van der Waals surface area contributed by atoms with E-state index in [-0.39, 0.29) is 5.91 Å². The van der Waals surface area contributed by atoms with Crippen LogP contribution in [-0.2, 0) is 9.63 Å². The first kappa shape index (κ1) is 9.11. The van der Waals surface area contributed by atoms with Crippen LogP contribution in [-0.4, -0.2) is 10.9 Å². The van der Waals surface area contributed by atoms with Crippen LogP contribution in [0.15, 0.2) is 34.0 Å². The summed E-state index contributed by atoms with van der Waals surface area (Å²) in [6, 6.07) is 0. The summed E-state index contributed by atoms with van der Waals surface area (Å²) < 4.78 is 4.22. The van der Waals surface area contributed by atoms with Crippen LogP contribution in [0, 0.1) is 0 Å². The minimum atomic E-state index is -0.407. The first-order valence-electron chi connectivity index (χ1n) is 3.51. The highest BCUT2D eigenvalue weighted by Gasteiger charge is 1.98. The lowest BCUT2D eigenvalue weighted by molar-refractivity contribution is -0.130. The Morgan fingerprint density at radius 2 is 2.23 bits per heavy atom. The van der Waals surface area contributed by atoms with Crippen molar-refractivity contribution in [2.45, 2.75) is 6.42 Å². The average Bonchev–Trinajstić information content (AvgIpc) is 2.58. The molecule has 0 saturated carbocycles. The van der Waals surface area contributed by atoms with Crippen LogP contribution in [0.3, 0.4) is 0 Å². The van der Waals surface area contributed by atoms with Gasteiger partial charge in [-0.05, 0) is 6.08 Å². The van der Waals surface area contributed by atoms with Crippen LogP contribution in [0.5, 0.6) is 0 Å². The smallest absolute Gasteiger partial charge is 0.416 e. The number of H-pyrrole nitrogens is 1. The van der Waals surface area contributed by atoms with E-state index in [2.05, 4.69) is 19.7 Å². The average molecular weight is 184 g/mol. The highest BCUT2D eigenvalue weighted by atomic mass is 16.6. The topological polar surface area (TPSA) is 84.3 Å². The van der Waals surface area contributed by atoms with E-state index in [1.807, 2.05) is 0 Å². The molecule has 2 N–H and O–H groups in total. The van der Waals surface area contributed by atoms with E-state index in [0.29, 0.717) is 6.42 Å². The Morgan fingerprint density at radius 1 is 1.38 bits per heavy atom. The fourth-order valence-electron chi connectivity index (χ4n) is 0.577. The van der Waals surface area contributed by atoms with Crippen molar-refractivity contribution in [2.24, 2.45) is 0 Å². The van der Waals surface area contributed by atoms with Crippen LogP contribution in [0.1, 0.15) is 6.42 Å². The zero-order valence-corrected chi connectivity index (χ0v) is 6.65. The van der Waals surface area contributed by atoms with E-state index in [4.69, 9.17) is 0 Å². The van der Waals surface area contributed by atoms with E-state index in [1.54, 1.807) is 6.08 Å². The molecule has 0 aliphatic carbocycles. The molecule has 0 unspecified atom stereocenters. The summed E-state index contributed by atoms with van der Waals surface area (Å²) >= 11 is 0. The van der Waals surface area contributed by atoms with Crippen molar-refractivity contribution in [1.82, 2.24) is 10.5 Å². The maximum absolute atomic E-state index is 10.2. The van der Waals surface area contributed by atoms with Gasteiger partial charge in [0.15, 0.2) is 0 Å². The first-order valence-corrected chi connectivity index (χ1v) is 3.51. The van der Waals surface area contributed by atoms with Crippen LogP contribution < -0.4 is 11.2 Å². The fraction of sp³-hybridized carbons (Fsp3) is 0.143. The van der Waals surface area contributed by atoms with E-state index in [9.17, 15) is 9.59 Å². The third-order valence-corrected chi connectivity index (χ3v) is 1.08. The molecule has 70 valence electrons. The highest BCUT2D eigenvalue weighted by Crippen LogP contribution is 1.88. The molecule has 1 aliphatic heterocycles. The van der Waals surface area contributed by atoms with Crippen LogP contribution >= 0.6 is 0 Å². The Hall–Kier alpha value is -1.98. The second-order valence-electron chi connectivity index (χ2n) is 2.07. The van der Waals surface area contributed by atoms with Gasteiger partial charge in [-0.3, -0.25) is 9.78 Å². The molecule has 1 aromatic rings. The Labute approximate surface area is 73.2 Å². The van der Waals surface area contributed by atoms with E-state index in [0.717, 1.165) is 0 Å². The number of aromatic nitrogens is 1. The van der Waals surface area contributed by atoms with Crippen molar-refractivity contribution >= 4 is 5.91 Å². The lowest BCUT2D eigenvalue weighted by Crippen LogP contribution is -2.22. The summed E-state index contributed by atoms with van der Waals surface area (Å²) in [6.07, 6.45) is 6.25. The maximum atomic E-state index is 10.2. The molecule has 13 heavy (non-hydrogen) atoms. The summed E-state index contributed by atoms with van der Waals surface area (Å²) in [4.78, 5) is 26.7.